The molecular weight excluding hydrogens is 354 g/mol. The van der Waals surface area contributed by atoms with Crippen molar-refractivity contribution in [3.63, 3.8) is 0 Å². The quantitative estimate of drug-likeness (QED) is 0.702. The minimum atomic E-state index is -0.124. The van der Waals surface area contributed by atoms with Crippen molar-refractivity contribution in [1.82, 2.24) is 19.7 Å². The van der Waals surface area contributed by atoms with Gasteiger partial charge in [0, 0.05) is 29.2 Å². The minimum Gasteiger partial charge on any atom is -0.305 e. The van der Waals surface area contributed by atoms with Crippen molar-refractivity contribution in [1.29, 1.82) is 0 Å². The molecule has 0 aliphatic carbocycles. The van der Waals surface area contributed by atoms with Gasteiger partial charge in [0.15, 0.2) is 16.1 Å². The average molecular weight is 366 g/mol. The number of hydrogen-bond donors (Lipinski definition) is 1. The summed E-state index contributed by atoms with van der Waals surface area (Å²) in [4.78, 5) is 15.9. The van der Waals surface area contributed by atoms with Crippen LogP contribution in [0.3, 0.4) is 0 Å². The normalized spacial score (nSPS) is 10.7. The predicted octanol–water partition coefficient (Wildman–Crippen LogP) is 3.32. The largest absolute Gasteiger partial charge is 0.305 e. The smallest absolute Gasteiger partial charge is 0.236 e. The number of carbonyl (C=O) groups excluding carboxylic acids is 1. The molecule has 0 spiro atoms. The third kappa shape index (κ3) is 3.90. The Balaban J connectivity index is 1.65. The number of nitrogens with zero attached hydrogens (tertiary/aromatic N) is 4. The average Bonchev–Trinajstić information content (AvgIpc) is 3.16. The number of benzene rings is 1. The lowest BCUT2D eigenvalue weighted by Gasteiger charge is -2.04. The number of rotatable bonds is 5. The van der Waals surface area contributed by atoms with E-state index in [0.717, 1.165) is 11.4 Å². The monoisotopic (exact) mass is 365 g/mol. The number of thiazole rings is 1. The maximum atomic E-state index is 11.9. The summed E-state index contributed by atoms with van der Waals surface area (Å²) in [5.74, 6) is 0.845. The molecule has 0 unspecified atom stereocenters. The van der Waals surface area contributed by atoms with Crippen LogP contribution in [0.4, 0.5) is 5.13 Å². The molecule has 0 saturated heterocycles. The molecule has 0 radical (unpaired) electrons. The lowest BCUT2D eigenvalue weighted by atomic mass is 10.2. The maximum absolute atomic E-state index is 11.9. The SMILES string of the molecule is Cn1c(SCC(=O)Nc2nccs2)nnc1-c1ccc(Cl)cc1. The second-order valence-electron chi connectivity index (χ2n) is 4.55. The fourth-order valence-electron chi connectivity index (χ4n) is 1.86. The Morgan fingerprint density at radius 3 is 2.83 bits per heavy atom. The third-order valence-electron chi connectivity index (χ3n) is 2.95. The van der Waals surface area contributed by atoms with Gasteiger partial charge in [0.2, 0.25) is 5.91 Å². The summed E-state index contributed by atoms with van der Waals surface area (Å²) >= 11 is 8.60. The summed E-state index contributed by atoms with van der Waals surface area (Å²) in [6.45, 7) is 0. The number of hydrogen-bond acceptors (Lipinski definition) is 6. The summed E-state index contributed by atoms with van der Waals surface area (Å²) in [7, 11) is 1.87. The molecule has 0 saturated carbocycles. The Morgan fingerprint density at radius 2 is 2.13 bits per heavy atom. The Labute approximate surface area is 145 Å². The molecule has 0 aliphatic rings. The topological polar surface area (TPSA) is 72.7 Å². The number of carbonyl (C=O) groups is 1. The lowest BCUT2D eigenvalue weighted by Crippen LogP contribution is -2.14. The highest BCUT2D eigenvalue weighted by Crippen LogP contribution is 2.24. The summed E-state index contributed by atoms with van der Waals surface area (Å²) in [5.41, 5.74) is 0.920. The molecule has 0 bridgehead atoms. The first-order chi connectivity index (χ1) is 11.1. The highest BCUT2D eigenvalue weighted by atomic mass is 35.5. The predicted molar refractivity (Wildman–Crippen MR) is 92.9 cm³/mol. The molecule has 2 aromatic heterocycles. The van der Waals surface area contributed by atoms with Crippen molar-refractivity contribution < 1.29 is 4.79 Å². The highest BCUT2D eigenvalue weighted by Gasteiger charge is 2.13. The van der Waals surface area contributed by atoms with E-state index in [9.17, 15) is 4.79 Å². The van der Waals surface area contributed by atoms with Crippen LogP contribution >= 0.6 is 34.7 Å². The van der Waals surface area contributed by atoms with Crippen molar-refractivity contribution in [2.45, 2.75) is 5.16 Å². The van der Waals surface area contributed by atoms with Crippen LogP contribution in [-0.2, 0) is 11.8 Å². The summed E-state index contributed by atoms with van der Waals surface area (Å²) < 4.78 is 1.85. The van der Waals surface area contributed by atoms with E-state index >= 15 is 0 Å². The molecule has 23 heavy (non-hydrogen) atoms. The van der Waals surface area contributed by atoms with E-state index in [4.69, 9.17) is 11.6 Å². The van der Waals surface area contributed by atoms with Gasteiger partial charge in [0.25, 0.3) is 0 Å². The van der Waals surface area contributed by atoms with Crippen molar-refractivity contribution >= 4 is 45.7 Å². The molecule has 0 aliphatic heterocycles. The third-order valence-corrected chi connectivity index (χ3v) is 4.91. The number of anilines is 1. The highest BCUT2D eigenvalue weighted by molar-refractivity contribution is 7.99. The summed E-state index contributed by atoms with van der Waals surface area (Å²) in [5, 5.41) is 14.8. The van der Waals surface area contributed by atoms with Crippen LogP contribution in [-0.4, -0.2) is 31.4 Å². The van der Waals surface area contributed by atoms with Gasteiger partial charge in [-0.3, -0.25) is 4.79 Å². The number of halogens is 1. The van der Waals surface area contributed by atoms with Crippen molar-refractivity contribution in [3.05, 3.63) is 40.9 Å². The van der Waals surface area contributed by atoms with Gasteiger partial charge in [-0.2, -0.15) is 0 Å². The van der Waals surface area contributed by atoms with Crippen molar-refractivity contribution in [2.24, 2.45) is 7.05 Å². The number of amides is 1. The summed E-state index contributed by atoms with van der Waals surface area (Å²) in [6, 6.07) is 7.38. The molecule has 1 N–H and O–H groups in total. The van der Waals surface area contributed by atoms with E-state index in [1.165, 1.54) is 23.1 Å². The fourth-order valence-corrected chi connectivity index (χ4v) is 3.24. The molecule has 1 amide bonds. The first-order valence-corrected chi connectivity index (χ1v) is 8.85. The molecular formula is C14H12ClN5OS2. The van der Waals surface area contributed by atoms with Crippen LogP contribution < -0.4 is 5.32 Å². The fraction of sp³-hybridized carbons (Fsp3) is 0.143. The molecule has 1 aromatic carbocycles. The Kier molecular flexibility index (Phi) is 4.94. The molecule has 0 atom stereocenters. The van der Waals surface area contributed by atoms with E-state index in [0.29, 0.717) is 15.3 Å². The van der Waals surface area contributed by atoms with Gasteiger partial charge < -0.3 is 9.88 Å². The van der Waals surface area contributed by atoms with Crippen molar-refractivity contribution in [3.8, 4) is 11.4 Å². The molecule has 9 heteroatoms. The molecule has 118 valence electrons. The Morgan fingerprint density at radius 1 is 1.35 bits per heavy atom. The van der Waals surface area contributed by atoms with Crippen LogP contribution in [0.1, 0.15) is 0 Å². The first-order valence-electron chi connectivity index (χ1n) is 6.61. The van der Waals surface area contributed by atoms with E-state index in [1.54, 1.807) is 18.3 Å². The minimum absolute atomic E-state index is 0.124. The molecule has 3 rings (SSSR count). The van der Waals surface area contributed by atoms with Gasteiger partial charge in [-0.05, 0) is 24.3 Å². The van der Waals surface area contributed by atoms with Gasteiger partial charge in [0.05, 0.1) is 5.75 Å². The van der Waals surface area contributed by atoms with Crippen LogP contribution in [0, 0.1) is 0 Å². The van der Waals surface area contributed by atoms with Gasteiger partial charge in [-0.15, -0.1) is 21.5 Å². The summed E-state index contributed by atoms with van der Waals surface area (Å²) in [6.07, 6.45) is 1.65. The standard InChI is InChI=1S/C14H12ClN5OS2/c1-20-12(9-2-4-10(15)5-3-9)18-19-14(20)23-8-11(21)17-13-16-6-7-22-13/h2-7H,8H2,1H3,(H,16,17,21). The second-order valence-corrected chi connectivity index (χ2v) is 6.82. The number of nitrogens with one attached hydrogen (secondary N) is 1. The second kappa shape index (κ2) is 7.12. The van der Waals surface area contributed by atoms with Gasteiger partial charge in [-0.25, -0.2) is 4.98 Å². The van der Waals surface area contributed by atoms with Gasteiger partial charge in [0.1, 0.15) is 0 Å². The zero-order valence-electron chi connectivity index (χ0n) is 12.1. The van der Waals surface area contributed by atoms with Crippen molar-refractivity contribution in [2.75, 3.05) is 11.1 Å². The molecule has 2 heterocycles. The van der Waals surface area contributed by atoms with Crippen LogP contribution in [0.15, 0.2) is 41.0 Å². The van der Waals surface area contributed by atoms with Crippen LogP contribution in [0.5, 0.6) is 0 Å². The van der Waals surface area contributed by atoms with Crippen LogP contribution in [0.25, 0.3) is 11.4 Å². The van der Waals surface area contributed by atoms with E-state index in [-0.39, 0.29) is 11.7 Å². The Hall–Kier alpha value is -1.90. The number of aromatic nitrogens is 4. The first kappa shape index (κ1) is 16.0. The van der Waals surface area contributed by atoms with Crippen LogP contribution in [0.2, 0.25) is 5.02 Å². The number of thioether (sulfide) groups is 1. The zero-order chi connectivity index (χ0) is 16.2. The lowest BCUT2D eigenvalue weighted by molar-refractivity contribution is -0.113. The molecule has 6 nitrogen and oxygen atoms in total. The maximum Gasteiger partial charge on any atom is 0.236 e. The van der Waals surface area contributed by atoms with E-state index < -0.39 is 0 Å². The molecule has 3 aromatic rings. The van der Waals surface area contributed by atoms with Gasteiger partial charge in [-0.1, -0.05) is 23.4 Å². The Bertz CT molecular complexity index is 801. The zero-order valence-corrected chi connectivity index (χ0v) is 14.5. The molecule has 0 fully saturated rings. The van der Waals surface area contributed by atoms with E-state index in [2.05, 4.69) is 20.5 Å². The van der Waals surface area contributed by atoms with E-state index in [1.807, 2.05) is 29.1 Å². The van der Waals surface area contributed by atoms with Gasteiger partial charge >= 0.3 is 0 Å².